The molecule has 2 bridgehead atoms. The van der Waals surface area contributed by atoms with Gasteiger partial charge in [-0.1, -0.05) is 18.2 Å². The van der Waals surface area contributed by atoms with Crippen LogP contribution in [0, 0.1) is 17.8 Å². The smallest absolute Gasteiger partial charge is 0.433 e. The molecule has 0 N–H and O–H groups in total. The third-order valence-electron chi connectivity index (χ3n) is 6.31. The lowest BCUT2D eigenvalue weighted by Crippen LogP contribution is -2.42. The molecule has 2 fully saturated rings. The molecule has 0 aliphatic heterocycles. The molecule has 1 aromatic heterocycles. The average molecular weight is 489 g/mol. The zero-order valence-electron chi connectivity index (χ0n) is 18.5. The van der Waals surface area contributed by atoms with Crippen molar-refractivity contribution in [1.29, 1.82) is 0 Å². The molecule has 2 aromatic rings. The van der Waals surface area contributed by atoms with Gasteiger partial charge in [-0.25, -0.2) is 9.78 Å². The first-order valence-electron chi connectivity index (χ1n) is 11.2. The highest BCUT2D eigenvalue weighted by Crippen LogP contribution is 2.41. The van der Waals surface area contributed by atoms with E-state index in [0.29, 0.717) is 30.9 Å². The lowest BCUT2D eigenvalue weighted by molar-refractivity contribution is -0.141. The van der Waals surface area contributed by atoms with Gasteiger partial charge < -0.3 is 9.47 Å². The number of carbonyl (C=O) groups excluding carboxylic acids is 4. The number of pyridine rings is 1. The van der Waals surface area contributed by atoms with Gasteiger partial charge in [-0.2, -0.15) is 13.2 Å². The minimum atomic E-state index is -4.77. The number of fused-ring (bicyclic) bond motifs is 2. The SMILES string of the molecule is O=C(OCCOCc1nc(C(F)(F)F)ccc1C(=O)C1C(=O)C2CCC(C2)C1=O)c1ccccc1. The summed E-state index contributed by atoms with van der Waals surface area (Å²) in [6.45, 7) is -0.857. The minimum Gasteiger partial charge on any atom is -0.460 e. The zero-order chi connectivity index (χ0) is 25.2. The number of ether oxygens (including phenoxy) is 2. The van der Waals surface area contributed by atoms with Crippen molar-refractivity contribution in [2.45, 2.75) is 32.0 Å². The van der Waals surface area contributed by atoms with Crippen LogP contribution in [0.15, 0.2) is 42.5 Å². The highest BCUT2D eigenvalue weighted by Gasteiger charge is 2.50. The van der Waals surface area contributed by atoms with E-state index in [1.165, 1.54) is 0 Å². The number of esters is 1. The highest BCUT2D eigenvalue weighted by atomic mass is 19.4. The zero-order valence-corrected chi connectivity index (χ0v) is 18.5. The molecule has 2 aliphatic carbocycles. The average Bonchev–Trinajstić information content (AvgIpc) is 3.30. The van der Waals surface area contributed by atoms with E-state index >= 15 is 0 Å². The monoisotopic (exact) mass is 489 g/mol. The van der Waals surface area contributed by atoms with Crippen LogP contribution in [0.25, 0.3) is 0 Å². The second kappa shape index (κ2) is 10.1. The van der Waals surface area contributed by atoms with Crippen molar-refractivity contribution in [3.05, 3.63) is 65.0 Å². The lowest BCUT2D eigenvalue weighted by atomic mass is 9.75. The first kappa shape index (κ1) is 24.7. The second-order valence-electron chi connectivity index (χ2n) is 8.55. The fourth-order valence-corrected chi connectivity index (χ4v) is 4.54. The summed E-state index contributed by atoms with van der Waals surface area (Å²) in [5.74, 6) is -4.69. The maximum absolute atomic E-state index is 13.2. The van der Waals surface area contributed by atoms with Crippen LogP contribution in [-0.4, -0.2) is 41.5 Å². The molecule has 0 saturated heterocycles. The Labute approximate surface area is 198 Å². The Hall–Kier alpha value is -3.40. The number of benzene rings is 1. The van der Waals surface area contributed by atoms with E-state index in [0.717, 1.165) is 6.07 Å². The van der Waals surface area contributed by atoms with Crippen molar-refractivity contribution in [1.82, 2.24) is 4.98 Å². The van der Waals surface area contributed by atoms with Gasteiger partial charge in [-0.15, -0.1) is 0 Å². The largest absolute Gasteiger partial charge is 0.460 e. The summed E-state index contributed by atoms with van der Waals surface area (Å²) in [5, 5.41) is 0. The molecule has 0 spiro atoms. The summed E-state index contributed by atoms with van der Waals surface area (Å²) in [7, 11) is 0. The van der Waals surface area contributed by atoms with E-state index in [-0.39, 0.29) is 36.3 Å². The molecule has 2 atom stereocenters. The van der Waals surface area contributed by atoms with E-state index in [1.54, 1.807) is 30.3 Å². The number of nitrogens with zero attached hydrogens (tertiary/aromatic N) is 1. The lowest BCUT2D eigenvalue weighted by Gasteiger charge is -2.25. The Morgan fingerprint density at radius 2 is 1.60 bits per heavy atom. The van der Waals surface area contributed by atoms with Gasteiger partial charge in [0.15, 0.2) is 17.3 Å². The topological polar surface area (TPSA) is 99.6 Å². The third-order valence-corrected chi connectivity index (χ3v) is 6.31. The maximum Gasteiger partial charge on any atom is 0.433 e. The minimum absolute atomic E-state index is 0.171. The summed E-state index contributed by atoms with van der Waals surface area (Å²) < 4.78 is 50.1. The molecule has 2 saturated carbocycles. The Bertz CT molecular complexity index is 1130. The van der Waals surface area contributed by atoms with Crippen molar-refractivity contribution in [2.75, 3.05) is 13.2 Å². The van der Waals surface area contributed by atoms with Crippen LogP contribution in [0.3, 0.4) is 0 Å². The van der Waals surface area contributed by atoms with Crippen molar-refractivity contribution >= 4 is 23.3 Å². The van der Waals surface area contributed by atoms with Crippen molar-refractivity contribution in [3.63, 3.8) is 0 Å². The Kier molecular flexibility index (Phi) is 7.11. The van der Waals surface area contributed by atoms with Crippen molar-refractivity contribution in [3.8, 4) is 0 Å². The van der Waals surface area contributed by atoms with Crippen molar-refractivity contribution < 1.29 is 41.8 Å². The van der Waals surface area contributed by atoms with Crippen LogP contribution in [0.4, 0.5) is 13.2 Å². The first-order valence-corrected chi connectivity index (χ1v) is 11.2. The van der Waals surface area contributed by atoms with Gasteiger partial charge in [0.1, 0.15) is 18.2 Å². The van der Waals surface area contributed by atoms with Gasteiger partial charge in [0, 0.05) is 17.4 Å². The van der Waals surface area contributed by atoms with Crippen LogP contribution in [0.2, 0.25) is 0 Å². The molecule has 2 aliphatic rings. The van der Waals surface area contributed by atoms with Gasteiger partial charge in [0.05, 0.1) is 24.5 Å². The molecular weight excluding hydrogens is 467 g/mol. The predicted octanol–water partition coefficient (Wildman–Crippen LogP) is 3.84. The van der Waals surface area contributed by atoms with Crippen molar-refractivity contribution in [2.24, 2.45) is 17.8 Å². The van der Waals surface area contributed by atoms with Crippen LogP contribution < -0.4 is 0 Å². The van der Waals surface area contributed by atoms with Crippen LogP contribution in [0.1, 0.15) is 51.4 Å². The number of ketones is 3. The number of carbonyl (C=O) groups is 4. The molecule has 10 heteroatoms. The summed E-state index contributed by atoms with van der Waals surface area (Å²) in [6.07, 6.45) is -3.29. The second-order valence-corrected chi connectivity index (χ2v) is 8.55. The molecular formula is C25H22F3NO6. The molecule has 2 unspecified atom stereocenters. The first-order chi connectivity index (χ1) is 16.7. The summed E-state index contributed by atoms with van der Waals surface area (Å²) in [4.78, 5) is 54.1. The highest BCUT2D eigenvalue weighted by molar-refractivity contribution is 6.26. The molecule has 0 amide bonds. The van der Waals surface area contributed by atoms with E-state index < -0.39 is 47.7 Å². The Morgan fingerprint density at radius 3 is 2.23 bits per heavy atom. The number of Topliss-reactive ketones (excluding diaryl/α,β-unsaturated/α-hetero) is 3. The molecule has 0 radical (unpaired) electrons. The Morgan fingerprint density at radius 1 is 0.943 bits per heavy atom. The standard InChI is InChI=1S/C25H22F3NO6/c26-25(27,28)19-9-8-17(23(32)20-21(30)15-6-7-16(12-15)22(20)31)18(29-19)13-34-10-11-35-24(33)14-4-2-1-3-5-14/h1-5,8-9,15-16,20H,6-7,10-13H2. The van der Waals surface area contributed by atoms with Gasteiger partial charge in [-0.05, 0) is 43.5 Å². The fourth-order valence-electron chi connectivity index (χ4n) is 4.54. The number of rotatable bonds is 8. The summed E-state index contributed by atoms with van der Waals surface area (Å²) in [6, 6.07) is 9.77. The number of halogens is 3. The normalized spacial score (nSPS) is 21.7. The summed E-state index contributed by atoms with van der Waals surface area (Å²) >= 11 is 0. The van der Waals surface area contributed by atoms with Gasteiger partial charge in [0.2, 0.25) is 0 Å². The predicted molar refractivity (Wildman–Crippen MR) is 114 cm³/mol. The molecule has 1 heterocycles. The van der Waals surface area contributed by atoms with Gasteiger partial charge in [0.25, 0.3) is 0 Å². The van der Waals surface area contributed by atoms with Crippen LogP contribution in [-0.2, 0) is 31.8 Å². The number of hydrogen-bond donors (Lipinski definition) is 0. The van der Waals surface area contributed by atoms with E-state index in [9.17, 15) is 32.3 Å². The molecule has 35 heavy (non-hydrogen) atoms. The number of alkyl halides is 3. The van der Waals surface area contributed by atoms with Gasteiger partial charge in [-0.3, -0.25) is 14.4 Å². The van der Waals surface area contributed by atoms with Crippen LogP contribution >= 0.6 is 0 Å². The molecule has 7 nitrogen and oxygen atoms in total. The van der Waals surface area contributed by atoms with E-state index in [2.05, 4.69) is 4.98 Å². The number of hydrogen-bond acceptors (Lipinski definition) is 7. The van der Waals surface area contributed by atoms with E-state index in [1.807, 2.05) is 0 Å². The molecule has 1 aromatic carbocycles. The quantitative estimate of drug-likeness (QED) is 0.240. The summed E-state index contributed by atoms with van der Waals surface area (Å²) in [5.41, 5.74) is -1.50. The molecule has 4 rings (SSSR count). The maximum atomic E-state index is 13.2. The van der Waals surface area contributed by atoms with Crippen LogP contribution in [0.5, 0.6) is 0 Å². The molecule has 184 valence electrons. The van der Waals surface area contributed by atoms with E-state index in [4.69, 9.17) is 9.47 Å². The fraction of sp³-hybridized carbons (Fsp3) is 0.400. The third kappa shape index (κ3) is 5.32. The van der Waals surface area contributed by atoms with Gasteiger partial charge >= 0.3 is 12.1 Å². The number of aromatic nitrogens is 1. The Balaban J connectivity index is 1.46.